The zero-order valence-corrected chi connectivity index (χ0v) is 9.19. The lowest BCUT2D eigenvalue weighted by Gasteiger charge is -2.25. The molecule has 1 aromatic rings. The number of nitrogens with zero attached hydrogens (tertiary/aromatic N) is 3. The van der Waals surface area contributed by atoms with E-state index in [4.69, 9.17) is 0 Å². The first-order chi connectivity index (χ1) is 7.40. The van der Waals surface area contributed by atoms with Gasteiger partial charge in [0.2, 0.25) is 0 Å². The summed E-state index contributed by atoms with van der Waals surface area (Å²) in [5.41, 5.74) is 1.14. The topological polar surface area (TPSA) is 41.1 Å². The maximum Gasteiger partial charge on any atom is 0.115 e. The Balaban J connectivity index is 2.07. The third kappa shape index (κ3) is 2.65. The van der Waals surface area contributed by atoms with Crippen LogP contribution in [0.3, 0.4) is 0 Å². The van der Waals surface area contributed by atoms with Crippen LogP contribution in [0.15, 0.2) is 18.7 Å². The minimum absolute atomic E-state index is 0.590. The zero-order chi connectivity index (χ0) is 10.5. The van der Waals surface area contributed by atoms with Crippen molar-refractivity contribution in [2.75, 3.05) is 24.5 Å². The van der Waals surface area contributed by atoms with Gasteiger partial charge < -0.3 is 10.2 Å². The highest BCUT2D eigenvalue weighted by Crippen LogP contribution is 2.13. The number of hydrogen-bond donors (Lipinski definition) is 1. The summed E-state index contributed by atoms with van der Waals surface area (Å²) in [6, 6.07) is 0.590. The van der Waals surface area contributed by atoms with Crippen LogP contribution in [0, 0.1) is 0 Å². The number of hydrogen-bond acceptors (Lipinski definition) is 4. The van der Waals surface area contributed by atoms with Gasteiger partial charge in [-0.25, -0.2) is 9.97 Å². The van der Waals surface area contributed by atoms with E-state index in [-0.39, 0.29) is 0 Å². The molecule has 0 bridgehead atoms. The van der Waals surface area contributed by atoms with E-state index in [1.54, 1.807) is 6.33 Å². The molecule has 1 saturated heterocycles. The quantitative estimate of drug-likeness (QED) is 0.785. The van der Waals surface area contributed by atoms with Crippen LogP contribution >= 0.6 is 0 Å². The van der Waals surface area contributed by atoms with Crippen LogP contribution in [-0.4, -0.2) is 35.6 Å². The van der Waals surface area contributed by atoms with Crippen molar-refractivity contribution in [2.24, 2.45) is 0 Å². The van der Waals surface area contributed by atoms with Crippen LogP contribution in [0.4, 0.5) is 5.69 Å². The Kier molecular flexibility index (Phi) is 3.50. The van der Waals surface area contributed by atoms with E-state index in [1.807, 2.05) is 12.4 Å². The van der Waals surface area contributed by atoms with Gasteiger partial charge in [0.15, 0.2) is 0 Å². The van der Waals surface area contributed by atoms with Crippen molar-refractivity contribution in [3.8, 4) is 0 Å². The molecule has 1 N–H and O–H groups in total. The summed E-state index contributed by atoms with van der Waals surface area (Å²) in [5, 5.41) is 3.55. The van der Waals surface area contributed by atoms with Crippen molar-refractivity contribution in [3.05, 3.63) is 18.7 Å². The molecule has 0 spiro atoms. The predicted octanol–water partition coefficient (Wildman–Crippen LogP) is 1.05. The molecule has 15 heavy (non-hydrogen) atoms. The Labute approximate surface area is 90.7 Å². The predicted molar refractivity (Wildman–Crippen MR) is 60.9 cm³/mol. The molecule has 4 nitrogen and oxygen atoms in total. The van der Waals surface area contributed by atoms with Crippen LogP contribution in [0.25, 0.3) is 0 Å². The highest BCUT2D eigenvalue weighted by molar-refractivity contribution is 5.41. The molecular formula is C11H18N4. The third-order valence-corrected chi connectivity index (χ3v) is 2.88. The maximum atomic E-state index is 4.07. The molecular weight excluding hydrogens is 188 g/mol. The van der Waals surface area contributed by atoms with Gasteiger partial charge in [0.05, 0.1) is 18.1 Å². The zero-order valence-electron chi connectivity index (χ0n) is 9.19. The van der Waals surface area contributed by atoms with E-state index in [2.05, 4.69) is 27.1 Å². The average molecular weight is 206 g/mol. The van der Waals surface area contributed by atoms with Crippen molar-refractivity contribution < 1.29 is 0 Å². The summed E-state index contributed by atoms with van der Waals surface area (Å²) in [5.74, 6) is 0. The standard InChI is InChI=1S/C11H18N4/c1-2-10-8-15(5-3-4-14-10)11-6-12-9-13-7-11/h6-7,9-10,14H,2-5,8H2,1H3. The second-order valence-electron chi connectivity index (χ2n) is 3.96. The van der Waals surface area contributed by atoms with Gasteiger partial charge in [-0.1, -0.05) is 6.92 Å². The second-order valence-corrected chi connectivity index (χ2v) is 3.96. The van der Waals surface area contributed by atoms with Crippen LogP contribution in [-0.2, 0) is 0 Å². The maximum absolute atomic E-state index is 4.07. The molecule has 0 aromatic carbocycles. The van der Waals surface area contributed by atoms with Crippen LogP contribution in [0.1, 0.15) is 19.8 Å². The van der Waals surface area contributed by atoms with Crippen molar-refractivity contribution in [2.45, 2.75) is 25.8 Å². The Morgan fingerprint density at radius 1 is 1.47 bits per heavy atom. The summed E-state index contributed by atoms with van der Waals surface area (Å²) in [6.45, 7) is 5.49. The van der Waals surface area contributed by atoms with Crippen LogP contribution in [0.2, 0.25) is 0 Å². The van der Waals surface area contributed by atoms with Gasteiger partial charge in [0, 0.05) is 19.1 Å². The third-order valence-electron chi connectivity index (χ3n) is 2.88. The van der Waals surface area contributed by atoms with E-state index in [0.717, 1.165) is 25.3 Å². The van der Waals surface area contributed by atoms with Gasteiger partial charge >= 0.3 is 0 Å². The summed E-state index contributed by atoms with van der Waals surface area (Å²) in [7, 11) is 0. The number of rotatable bonds is 2. The van der Waals surface area contributed by atoms with E-state index >= 15 is 0 Å². The molecule has 1 aliphatic rings. The van der Waals surface area contributed by atoms with Crippen molar-refractivity contribution in [1.82, 2.24) is 15.3 Å². The lowest BCUT2D eigenvalue weighted by molar-refractivity contribution is 0.528. The molecule has 82 valence electrons. The van der Waals surface area contributed by atoms with Crippen molar-refractivity contribution >= 4 is 5.69 Å². The molecule has 1 unspecified atom stereocenters. The van der Waals surface area contributed by atoms with Crippen molar-refractivity contribution in [1.29, 1.82) is 0 Å². The van der Waals surface area contributed by atoms with Gasteiger partial charge in [0.25, 0.3) is 0 Å². The molecule has 1 aromatic heterocycles. The van der Waals surface area contributed by atoms with E-state index < -0.39 is 0 Å². The number of anilines is 1. The smallest absolute Gasteiger partial charge is 0.115 e. The molecule has 2 rings (SSSR count). The molecule has 1 aliphatic heterocycles. The lowest BCUT2D eigenvalue weighted by Crippen LogP contribution is -2.37. The molecule has 0 saturated carbocycles. The first-order valence-electron chi connectivity index (χ1n) is 5.63. The Bertz CT molecular complexity index is 288. The molecule has 1 fully saturated rings. The lowest BCUT2D eigenvalue weighted by atomic mass is 10.2. The fraction of sp³-hybridized carbons (Fsp3) is 0.636. The van der Waals surface area contributed by atoms with E-state index in [0.29, 0.717) is 6.04 Å². The van der Waals surface area contributed by atoms with Crippen LogP contribution in [0.5, 0.6) is 0 Å². The summed E-state index contributed by atoms with van der Waals surface area (Å²) >= 11 is 0. The molecule has 1 atom stereocenters. The van der Waals surface area contributed by atoms with Gasteiger partial charge in [-0.3, -0.25) is 0 Å². The van der Waals surface area contributed by atoms with Gasteiger partial charge in [0.1, 0.15) is 6.33 Å². The van der Waals surface area contributed by atoms with Gasteiger partial charge in [-0.15, -0.1) is 0 Å². The average Bonchev–Trinajstić information content (AvgIpc) is 2.55. The highest BCUT2D eigenvalue weighted by Gasteiger charge is 2.16. The second kappa shape index (κ2) is 5.07. The monoisotopic (exact) mass is 206 g/mol. The largest absolute Gasteiger partial charge is 0.367 e. The summed E-state index contributed by atoms with van der Waals surface area (Å²) < 4.78 is 0. The normalized spacial score (nSPS) is 22.5. The number of nitrogens with one attached hydrogen (secondary N) is 1. The highest BCUT2D eigenvalue weighted by atomic mass is 15.2. The molecule has 4 heteroatoms. The Morgan fingerprint density at radius 3 is 3.00 bits per heavy atom. The molecule has 2 heterocycles. The van der Waals surface area contributed by atoms with Gasteiger partial charge in [-0.05, 0) is 19.4 Å². The number of aromatic nitrogens is 2. The van der Waals surface area contributed by atoms with Gasteiger partial charge in [-0.2, -0.15) is 0 Å². The first-order valence-corrected chi connectivity index (χ1v) is 5.63. The first kappa shape index (κ1) is 10.4. The molecule has 0 amide bonds. The minimum Gasteiger partial charge on any atom is -0.367 e. The Morgan fingerprint density at radius 2 is 2.27 bits per heavy atom. The minimum atomic E-state index is 0.590. The fourth-order valence-electron chi connectivity index (χ4n) is 1.96. The van der Waals surface area contributed by atoms with Crippen molar-refractivity contribution in [3.63, 3.8) is 0 Å². The SMILES string of the molecule is CCC1CN(c2cncnc2)CCCN1. The van der Waals surface area contributed by atoms with E-state index in [1.165, 1.54) is 12.8 Å². The van der Waals surface area contributed by atoms with E-state index in [9.17, 15) is 0 Å². The summed E-state index contributed by atoms with van der Waals surface area (Å²) in [4.78, 5) is 10.5. The molecule has 0 aliphatic carbocycles. The van der Waals surface area contributed by atoms with Crippen LogP contribution < -0.4 is 10.2 Å². The molecule has 0 radical (unpaired) electrons. The fourth-order valence-corrected chi connectivity index (χ4v) is 1.96. The summed E-state index contributed by atoms with van der Waals surface area (Å²) in [6.07, 6.45) is 7.72. The Hall–Kier alpha value is -1.16.